The molecule has 0 radical (unpaired) electrons. The minimum Gasteiger partial charge on any atom is -0.491 e. The lowest BCUT2D eigenvalue weighted by atomic mass is 9.88. The minimum absolute atomic E-state index is 0.00392. The topological polar surface area (TPSA) is 78.9 Å². The van der Waals surface area contributed by atoms with E-state index in [9.17, 15) is 14.7 Å². The normalized spacial score (nSPS) is 17.0. The molecule has 150 valence electrons. The van der Waals surface area contributed by atoms with Crippen LogP contribution in [-0.2, 0) is 4.79 Å². The molecule has 0 aromatic heterocycles. The van der Waals surface area contributed by atoms with Crippen LogP contribution < -0.4 is 10.1 Å². The maximum absolute atomic E-state index is 12.9. The van der Waals surface area contributed by atoms with Gasteiger partial charge in [0, 0.05) is 0 Å². The number of benzene rings is 2. The Morgan fingerprint density at radius 2 is 1.75 bits per heavy atom. The lowest BCUT2D eigenvalue weighted by Gasteiger charge is -2.26. The number of urea groups is 1. The molecule has 0 saturated carbocycles. The molecule has 6 heteroatoms. The number of carbonyl (C=O) groups is 2. The van der Waals surface area contributed by atoms with Crippen LogP contribution in [0.5, 0.6) is 5.75 Å². The van der Waals surface area contributed by atoms with Crippen molar-refractivity contribution in [3.8, 4) is 5.75 Å². The van der Waals surface area contributed by atoms with Crippen LogP contribution in [0.2, 0.25) is 0 Å². The van der Waals surface area contributed by atoms with Crippen LogP contribution in [0, 0.1) is 0 Å². The van der Waals surface area contributed by atoms with E-state index in [1.807, 2.05) is 56.3 Å². The summed E-state index contributed by atoms with van der Waals surface area (Å²) in [5.41, 5.74) is -0.834. The Bertz CT molecular complexity index is 845. The number of ether oxygens (including phenoxy) is 1. The van der Waals surface area contributed by atoms with E-state index >= 15 is 0 Å². The largest absolute Gasteiger partial charge is 0.491 e. The van der Waals surface area contributed by atoms with Gasteiger partial charge in [0.05, 0.1) is 6.54 Å². The smallest absolute Gasteiger partial charge is 0.325 e. The SMILES string of the molecule is CCCC1(CCC)NC(=O)N(CC(O)COc2ccc3ccccc3c2)C1=O. The third-order valence-electron chi connectivity index (χ3n) is 5.16. The molecular formula is C22H28N2O4. The standard InChI is InChI=1S/C22H28N2O4/c1-3-11-22(12-4-2)20(26)24(21(27)23-22)14-18(25)15-28-19-10-9-16-7-5-6-8-17(16)13-19/h5-10,13,18,25H,3-4,11-12,14-15H2,1-2H3,(H,23,27). The van der Waals surface area contributed by atoms with Crippen molar-refractivity contribution in [1.82, 2.24) is 10.2 Å². The number of imide groups is 1. The van der Waals surface area contributed by atoms with E-state index in [-0.39, 0.29) is 19.1 Å². The summed E-state index contributed by atoms with van der Waals surface area (Å²) in [5, 5.41) is 15.4. The van der Waals surface area contributed by atoms with Gasteiger partial charge < -0.3 is 15.2 Å². The van der Waals surface area contributed by atoms with Crippen molar-refractivity contribution in [3.63, 3.8) is 0 Å². The average Bonchev–Trinajstić information content (AvgIpc) is 2.91. The first-order chi connectivity index (χ1) is 13.5. The summed E-state index contributed by atoms with van der Waals surface area (Å²) in [6.45, 7) is 3.91. The molecule has 0 spiro atoms. The predicted octanol–water partition coefficient (Wildman–Crippen LogP) is 3.47. The van der Waals surface area contributed by atoms with Crippen molar-refractivity contribution in [2.75, 3.05) is 13.2 Å². The van der Waals surface area contributed by atoms with Crippen molar-refractivity contribution < 1.29 is 19.4 Å². The highest BCUT2D eigenvalue weighted by Crippen LogP contribution is 2.28. The molecule has 3 amide bonds. The quantitative estimate of drug-likeness (QED) is 0.649. The average molecular weight is 384 g/mol. The zero-order valence-corrected chi connectivity index (χ0v) is 16.5. The lowest BCUT2D eigenvalue weighted by molar-refractivity contribution is -0.133. The molecule has 1 heterocycles. The highest BCUT2D eigenvalue weighted by Gasteiger charge is 2.50. The summed E-state index contributed by atoms with van der Waals surface area (Å²) < 4.78 is 5.68. The van der Waals surface area contributed by atoms with Crippen molar-refractivity contribution in [2.24, 2.45) is 0 Å². The van der Waals surface area contributed by atoms with E-state index in [2.05, 4.69) is 5.32 Å². The summed E-state index contributed by atoms with van der Waals surface area (Å²) in [6, 6.07) is 13.2. The monoisotopic (exact) mass is 384 g/mol. The zero-order valence-electron chi connectivity index (χ0n) is 16.5. The van der Waals surface area contributed by atoms with E-state index in [0.717, 1.165) is 28.5 Å². The molecule has 1 saturated heterocycles. The van der Waals surface area contributed by atoms with Gasteiger partial charge >= 0.3 is 6.03 Å². The lowest BCUT2D eigenvalue weighted by Crippen LogP contribution is -2.47. The van der Waals surface area contributed by atoms with Crippen LogP contribution in [-0.4, -0.2) is 46.7 Å². The van der Waals surface area contributed by atoms with Gasteiger partial charge in [-0.1, -0.05) is 57.0 Å². The fourth-order valence-corrected chi connectivity index (χ4v) is 3.87. The second-order valence-corrected chi connectivity index (χ2v) is 7.40. The van der Waals surface area contributed by atoms with Crippen molar-refractivity contribution in [2.45, 2.75) is 51.2 Å². The van der Waals surface area contributed by atoms with E-state index in [4.69, 9.17) is 4.74 Å². The van der Waals surface area contributed by atoms with E-state index in [1.165, 1.54) is 0 Å². The highest BCUT2D eigenvalue weighted by molar-refractivity contribution is 6.07. The van der Waals surface area contributed by atoms with Crippen LogP contribution >= 0.6 is 0 Å². The zero-order chi connectivity index (χ0) is 20.1. The molecule has 1 aliphatic rings. The minimum atomic E-state index is -0.958. The molecule has 2 aromatic rings. The molecule has 28 heavy (non-hydrogen) atoms. The van der Waals surface area contributed by atoms with Gasteiger partial charge in [-0.3, -0.25) is 9.69 Å². The van der Waals surface area contributed by atoms with Crippen LogP contribution in [0.4, 0.5) is 4.79 Å². The Morgan fingerprint density at radius 1 is 1.07 bits per heavy atom. The van der Waals surface area contributed by atoms with Crippen molar-refractivity contribution >= 4 is 22.7 Å². The number of amides is 3. The molecule has 3 rings (SSSR count). The van der Waals surface area contributed by atoms with Crippen molar-refractivity contribution in [1.29, 1.82) is 0 Å². The molecule has 6 nitrogen and oxygen atoms in total. The van der Waals surface area contributed by atoms with Gasteiger partial charge in [-0.15, -0.1) is 0 Å². The molecular weight excluding hydrogens is 356 g/mol. The first-order valence-corrected chi connectivity index (χ1v) is 9.93. The number of aliphatic hydroxyl groups excluding tert-OH is 1. The number of carbonyl (C=O) groups excluding carboxylic acids is 2. The Morgan fingerprint density at radius 3 is 2.43 bits per heavy atom. The molecule has 2 N–H and O–H groups in total. The third-order valence-corrected chi connectivity index (χ3v) is 5.16. The summed E-state index contributed by atoms with van der Waals surface area (Å²) in [4.78, 5) is 26.3. The van der Waals surface area contributed by atoms with Crippen LogP contribution in [0.3, 0.4) is 0 Å². The molecule has 1 aliphatic heterocycles. The summed E-state index contributed by atoms with van der Waals surface area (Å²) in [7, 11) is 0. The van der Waals surface area contributed by atoms with Gasteiger partial charge in [-0.25, -0.2) is 4.79 Å². The summed E-state index contributed by atoms with van der Waals surface area (Å²) in [5.74, 6) is 0.396. The van der Waals surface area contributed by atoms with Gasteiger partial charge in [0.1, 0.15) is 24.0 Å². The van der Waals surface area contributed by atoms with Gasteiger partial charge in [0.2, 0.25) is 0 Å². The summed E-state index contributed by atoms with van der Waals surface area (Å²) >= 11 is 0. The van der Waals surface area contributed by atoms with Gasteiger partial charge in [0.15, 0.2) is 0 Å². The van der Waals surface area contributed by atoms with Gasteiger partial charge in [0.25, 0.3) is 5.91 Å². The fourth-order valence-electron chi connectivity index (χ4n) is 3.87. The highest BCUT2D eigenvalue weighted by atomic mass is 16.5. The second-order valence-electron chi connectivity index (χ2n) is 7.40. The number of hydrogen-bond donors (Lipinski definition) is 2. The fraction of sp³-hybridized carbons (Fsp3) is 0.455. The van der Waals surface area contributed by atoms with E-state index < -0.39 is 17.7 Å². The summed E-state index contributed by atoms with van der Waals surface area (Å²) in [6.07, 6.45) is 1.85. The van der Waals surface area contributed by atoms with Crippen LogP contribution in [0.1, 0.15) is 39.5 Å². The Balaban J connectivity index is 1.61. The molecule has 1 fully saturated rings. The Labute approximate surface area is 165 Å². The van der Waals surface area contributed by atoms with E-state index in [0.29, 0.717) is 18.6 Å². The maximum atomic E-state index is 12.9. The third kappa shape index (κ3) is 4.12. The number of nitrogens with one attached hydrogen (secondary N) is 1. The number of β-amino-alcohol motifs (C(OH)–C–C–N with tert-alkyl or cyclic N) is 1. The Hall–Kier alpha value is -2.60. The molecule has 0 aliphatic carbocycles. The Kier molecular flexibility index (Phi) is 6.19. The number of rotatable bonds is 9. The number of aliphatic hydroxyl groups is 1. The first kappa shape index (κ1) is 20.1. The van der Waals surface area contributed by atoms with Crippen molar-refractivity contribution in [3.05, 3.63) is 42.5 Å². The van der Waals surface area contributed by atoms with Gasteiger partial charge in [-0.2, -0.15) is 0 Å². The number of hydrogen-bond acceptors (Lipinski definition) is 4. The van der Waals surface area contributed by atoms with E-state index in [1.54, 1.807) is 0 Å². The predicted molar refractivity (Wildman–Crippen MR) is 108 cm³/mol. The van der Waals surface area contributed by atoms with Gasteiger partial charge in [-0.05, 0) is 35.7 Å². The van der Waals surface area contributed by atoms with Crippen LogP contribution in [0.25, 0.3) is 10.8 Å². The number of nitrogens with zero attached hydrogens (tertiary/aromatic N) is 1. The van der Waals surface area contributed by atoms with Crippen LogP contribution in [0.15, 0.2) is 42.5 Å². The maximum Gasteiger partial charge on any atom is 0.325 e. The molecule has 1 atom stereocenters. The molecule has 1 unspecified atom stereocenters. The molecule has 2 aromatic carbocycles. The number of fused-ring (bicyclic) bond motifs is 1. The molecule has 0 bridgehead atoms. The first-order valence-electron chi connectivity index (χ1n) is 9.93. The second kappa shape index (κ2) is 8.61.